The van der Waals surface area contributed by atoms with E-state index in [1.54, 1.807) is 0 Å². The number of hydrogen-bond donors (Lipinski definition) is 0. The maximum absolute atomic E-state index is 12.3. The molecule has 1 aliphatic heterocycles. The van der Waals surface area contributed by atoms with Crippen molar-refractivity contribution in [2.45, 2.75) is 19.9 Å². The van der Waals surface area contributed by atoms with Gasteiger partial charge in [-0.25, -0.2) is 4.68 Å². The normalized spacial score (nSPS) is 14.9. The lowest BCUT2D eigenvalue weighted by molar-refractivity contribution is -0.131. The Bertz CT molecular complexity index is 912. The lowest BCUT2D eigenvalue weighted by Crippen LogP contribution is -2.37. The lowest BCUT2D eigenvalue weighted by Gasteiger charge is -2.26. The Morgan fingerprint density at radius 3 is 3.00 bits per heavy atom. The Balaban J connectivity index is 1.47. The molecule has 0 spiro atoms. The molecule has 7 heteroatoms. The SMILES string of the molecule is Cc1cc2ccc(C3=CCN(C(=O)Cn4cnnn4)CC3)cc2s1. The third-order valence-corrected chi connectivity index (χ3v) is 5.28. The summed E-state index contributed by atoms with van der Waals surface area (Å²) in [6.45, 7) is 3.70. The number of amides is 1. The van der Waals surface area contributed by atoms with Gasteiger partial charge in [0.05, 0.1) is 0 Å². The van der Waals surface area contributed by atoms with Crippen LogP contribution in [-0.2, 0) is 11.3 Å². The number of tetrazole rings is 1. The van der Waals surface area contributed by atoms with E-state index in [4.69, 9.17) is 0 Å². The van der Waals surface area contributed by atoms with E-state index in [1.165, 1.54) is 37.1 Å². The molecule has 24 heavy (non-hydrogen) atoms. The fraction of sp³-hybridized carbons (Fsp3) is 0.294. The zero-order valence-corrected chi connectivity index (χ0v) is 14.2. The molecular weight excluding hydrogens is 322 g/mol. The Hall–Kier alpha value is -2.54. The van der Waals surface area contributed by atoms with E-state index >= 15 is 0 Å². The van der Waals surface area contributed by atoms with Gasteiger partial charge in [-0.05, 0) is 52.4 Å². The summed E-state index contributed by atoms with van der Waals surface area (Å²) in [5, 5.41) is 12.1. The highest BCUT2D eigenvalue weighted by atomic mass is 32.1. The predicted octanol–water partition coefficient (Wildman–Crippen LogP) is 2.51. The Labute approximate surface area is 143 Å². The second-order valence-corrected chi connectivity index (χ2v) is 7.22. The van der Waals surface area contributed by atoms with Crippen LogP contribution in [-0.4, -0.2) is 44.1 Å². The number of hydrogen-bond acceptors (Lipinski definition) is 5. The number of nitrogens with zero attached hydrogens (tertiary/aromatic N) is 5. The second-order valence-electron chi connectivity index (χ2n) is 5.94. The van der Waals surface area contributed by atoms with E-state index in [0.29, 0.717) is 6.54 Å². The standard InChI is InChI=1S/C17H17N5OS/c1-12-8-15-3-2-14(9-16(15)24-12)13-4-6-21(7-5-13)17(23)10-22-11-18-19-20-22/h2-4,8-9,11H,5-7,10H2,1H3. The number of thiophene rings is 1. The Kier molecular flexibility index (Phi) is 3.86. The van der Waals surface area contributed by atoms with E-state index in [2.05, 4.69) is 52.8 Å². The van der Waals surface area contributed by atoms with Crippen LogP contribution in [0.5, 0.6) is 0 Å². The van der Waals surface area contributed by atoms with E-state index in [1.807, 2.05) is 16.2 Å². The molecule has 3 heterocycles. The van der Waals surface area contributed by atoms with Crippen LogP contribution in [0.25, 0.3) is 15.7 Å². The Morgan fingerprint density at radius 1 is 1.33 bits per heavy atom. The summed E-state index contributed by atoms with van der Waals surface area (Å²) in [4.78, 5) is 15.4. The molecule has 0 saturated carbocycles. The molecule has 2 aromatic heterocycles. The summed E-state index contributed by atoms with van der Waals surface area (Å²) in [5.41, 5.74) is 2.58. The van der Waals surface area contributed by atoms with Crippen molar-refractivity contribution in [3.63, 3.8) is 0 Å². The number of aromatic nitrogens is 4. The number of carbonyl (C=O) groups is 1. The molecule has 1 amide bonds. The second kappa shape index (κ2) is 6.16. The van der Waals surface area contributed by atoms with Gasteiger partial charge in [0.1, 0.15) is 12.9 Å². The molecule has 122 valence electrons. The van der Waals surface area contributed by atoms with E-state index < -0.39 is 0 Å². The molecule has 4 rings (SSSR count). The van der Waals surface area contributed by atoms with Crippen molar-refractivity contribution < 1.29 is 4.79 Å². The van der Waals surface area contributed by atoms with Crippen LogP contribution in [0.3, 0.4) is 0 Å². The highest BCUT2D eigenvalue weighted by molar-refractivity contribution is 7.19. The molecule has 3 aromatic rings. The lowest BCUT2D eigenvalue weighted by atomic mass is 9.99. The zero-order chi connectivity index (χ0) is 16.5. The average molecular weight is 339 g/mol. The maximum atomic E-state index is 12.3. The predicted molar refractivity (Wildman–Crippen MR) is 93.6 cm³/mol. The van der Waals surface area contributed by atoms with Crippen molar-refractivity contribution in [1.82, 2.24) is 25.1 Å². The van der Waals surface area contributed by atoms with Gasteiger partial charge < -0.3 is 4.90 Å². The first-order valence-corrected chi connectivity index (χ1v) is 8.69. The molecule has 0 N–H and O–H groups in total. The minimum atomic E-state index is 0.0435. The highest BCUT2D eigenvalue weighted by Crippen LogP contribution is 2.30. The van der Waals surface area contributed by atoms with E-state index in [0.717, 1.165) is 13.0 Å². The molecule has 6 nitrogen and oxygen atoms in total. The molecule has 0 bridgehead atoms. The molecule has 0 saturated heterocycles. The summed E-state index contributed by atoms with van der Waals surface area (Å²) in [5.74, 6) is 0.0435. The molecule has 0 atom stereocenters. The molecule has 0 fully saturated rings. The van der Waals surface area contributed by atoms with Gasteiger partial charge in [-0.15, -0.1) is 16.4 Å². The van der Waals surface area contributed by atoms with Gasteiger partial charge in [0.25, 0.3) is 0 Å². The van der Waals surface area contributed by atoms with Crippen LogP contribution in [0.2, 0.25) is 0 Å². The smallest absolute Gasteiger partial charge is 0.244 e. The maximum Gasteiger partial charge on any atom is 0.244 e. The monoisotopic (exact) mass is 339 g/mol. The van der Waals surface area contributed by atoms with Crippen molar-refractivity contribution >= 4 is 32.9 Å². The first-order valence-electron chi connectivity index (χ1n) is 7.87. The van der Waals surface area contributed by atoms with Crippen LogP contribution in [0.1, 0.15) is 16.9 Å². The fourth-order valence-corrected chi connectivity index (χ4v) is 3.98. The van der Waals surface area contributed by atoms with E-state index in [9.17, 15) is 4.79 Å². The minimum Gasteiger partial charge on any atom is -0.337 e. The molecule has 1 aromatic carbocycles. The third kappa shape index (κ3) is 2.94. The average Bonchev–Trinajstić information content (AvgIpc) is 3.22. The number of carbonyl (C=O) groups excluding carboxylic acids is 1. The number of aryl methyl sites for hydroxylation is 1. The first-order chi connectivity index (χ1) is 11.7. The Morgan fingerprint density at radius 2 is 2.25 bits per heavy atom. The number of rotatable bonds is 3. The summed E-state index contributed by atoms with van der Waals surface area (Å²) in [7, 11) is 0. The highest BCUT2D eigenvalue weighted by Gasteiger charge is 2.18. The van der Waals surface area contributed by atoms with Crippen molar-refractivity contribution in [2.75, 3.05) is 13.1 Å². The summed E-state index contributed by atoms with van der Waals surface area (Å²) < 4.78 is 2.78. The van der Waals surface area contributed by atoms with Gasteiger partial charge in [0.15, 0.2) is 0 Å². The zero-order valence-electron chi connectivity index (χ0n) is 13.3. The van der Waals surface area contributed by atoms with Crippen LogP contribution in [0.15, 0.2) is 36.7 Å². The van der Waals surface area contributed by atoms with Gasteiger partial charge in [-0.1, -0.05) is 18.2 Å². The summed E-state index contributed by atoms with van der Waals surface area (Å²) in [6.07, 6.45) is 4.49. The first kappa shape index (κ1) is 15.0. The molecule has 1 aliphatic rings. The van der Waals surface area contributed by atoms with Gasteiger partial charge in [0, 0.05) is 22.7 Å². The topological polar surface area (TPSA) is 63.9 Å². The summed E-state index contributed by atoms with van der Waals surface area (Å²) >= 11 is 1.82. The quantitative estimate of drug-likeness (QED) is 0.735. The number of fused-ring (bicyclic) bond motifs is 1. The largest absolute Gasteiger partial charge is 0.337 e. The molecule has 0 unspecified atom stereocenters. The molecule has 0 aliphatic carbocycles. The summed E-state index contributed by atoms with van der Waals surface area (Å²) in [6, 6.07) is 8.85. The van der Waals surface area contributed by atoms with Crippen LogP contribution >= 0.6 is 11.3 Å². The van der Waals surface area contributed by atoms with Crippen molar-refractivity contribution in [1.29, 1.82) is 0 Å². The molecule has 0 radical (unpaired) electrons. The van der Waals surface area contributed by atoms with Crippen LogP contribution < -0.4 is 0 Å². The van der Waals surface area contributed by atoms with Crippen molar-refractivity contribution in [3.8, 4) is 0 Å². The van der Waals surface area contributed by atoms with Gasteiger partial charge in [-0.2, -0.15) is 0 Å². The van der Waals surface area contributed by atoms with Crippen LogP contribution in [0, 0.1) is 6.92 Å². The van der Waals surface area contributed by atoms with Gasteiger partial charge >= 0.3 is 0 Å². The van der Waals surface area contributed by atoms with Gasteiger partial charge in [0.2, 0.25) is 5.91 Å². The van der Waals surface area contributed by atoms with E-state index in [-0.39, 0.29) is 12.5 Å². The minimum absolute atomic E-state index is 0.0435. The van der Waals surface area contributed by atoms with Crippen molar-refractivity contribution in [3.05, 3.63) is 47.1 Å². The van der Waals surface area contributed by atoms with Crippen LogP contribution in [0.4, 0.5) is 0 Å². The fourth-order valence-electron chi connectivity index (χ4n) is 3.01. The van der Waals surface area contributed by atoms with Crippen molar-refractivity contribution in [2.24, 2.45) is 0 Å². The third-order valence-electron chi connectivity index (χ3n) is 4.26. The number of benzene rings is 1. The van der Waals surface area contributed by atoms with Gasteiger partial charge in [-0.3, -0.25) is 4.79 Å². The molecular formula is C17H17N5OS.